The van der Waals surface area contributed by atoms with E-state index in [1.807, 2.05) is 0 Å². The van der Waals surface area contributed by atoms with Crippen LogP contribution in [0.1, 0.15) is 78.1 Å². The van der Waals surface area contributed by atoms with E-state index in [0.717, 1.165) is 19.3 Å². The second-order valence-electron chi connectivity index (χ2n) is 7.52. The van der Waals surface area contributed by atoms with Crippen LogP contribution < -0.4 is 5.32 Å². The fourth-order valence-corrected chi connectivity index (χ4v) is 3.39. The molecule has 0 aromatic rings. The van der Waals surface area contributed by atoms with Crippen LogP contribution in [0.3, 0.4) is 0 Å². The van der Waals surface area contributed by atoms with Crippen molar-refractivity contribution in [3.63, 3.8) is 0 Å². The van der Waals surface area contributed by atoms with E-state index in [4.69, 9.17) is 14.6 Å². The van der Waals surface area contributed by atoms with Gasteiger partial charge in [0.2, 0.25) is 5.91 Å². The van der Waals surface area contributed by atoms with Crippen LogP contribution in [0.15, 0.2) is 0 Å². The first kappa shape index (κ1) is 24.8. The number of rotatable bonds is 14. The molecule has 164 valence electrons. The first-order valence-electron chi connectivity index (χ1n) is 10.5. The minimum atomic E-state index is -1.65. The summed E-state index contributed by atoms with van der Waals surface area (Å²) in [6, 6.07) is -1.02. The molecule has 1 rings (SSSR count). The Balaban J connectivity index is 2.30. The van der Waals surface area contributed by atoms with Gasteiger partial charge in [0.25, 0.3) is 0 Å². The van der Waals surface area contributed by atoms with Crippen LogP contribution in [0, 0.1) is 0 Å². The van der Waals surface area contributed by atoms with E-state index in [9.17, 15) is 19.8 Å². The molecule has 4 N–H and O–H groups in total. The molecule has 8 nitrogen and oxygen atoms in total. The van der Waals surface area contributed by atoms with Gasteiger partial charge >= 0.3 is 5.97 Å². The third-order valence-electron chi connectivity index (χ3n) is 5.00. The summed E-state index contributed by atoms with van der Waals surface area (Å²) < 4.78 is 10.9. The van der Waals surface area contributed by atoms with E-state index in [-0.39, 0.29) is 0 Å². The van der Waals surface area contributed by atoms with E-state index in [1.165, 1.54) is 51.9 Å². The summed E-state index contributed by atoms with van der Waals surface area (Å²) in [6.45, 7) is 3.80. The molecule has 1 aliphatic rings. The minimum absolute atomic E-state index is 0.326. The summed E-state index contributed by atoms with van der Waals surface area (Å²) in [7, 11) is 0. The lowest BCUT2D eigenvalue weighted by molar-refractivity contribution is -0.264. The van der Waals surface area contributed by atoms with Crippen LogP contribution in [0.4, 0.5) is 0 Å². The lowest BCUT2D eigenvalue weighted by Gasteiger charge is -2.41. The Hall–Kier alpha value is -1.22. The molecule has 0 aliphatic carbocycles. The van der Waals surface area contributed by atoms with Gasteiger partial charge < -0.3 is 30.1 Å². The topological polar surface area (TPSA) is 125 Å². The monoisotopic (exact) mass is 403 g/mol. The highest BCUT2D eigenvalue weighted by atomic mass is 16.7. The van der Waals surface area contributed by atoms with E-state index in [1.54, 1.807) is 0 Å². The number of nitrogens with one attached hydrogen (secondary N) is 1. The highest BCUT2D eigenvalue weighted by Crippen LogP contribution is 2.23. The van der Waals surface area contributed by atoms with Crippen LogP contribution in [-0.4, -0.2) is 64.4 Å². The molecule has 1 heterocycles. The van der Waals surface area contributed by atoms with Crippen molar-refractivity contribution < 1.29 is 34.4 Å². The zero-order valence-electron chi connectivity index (χ0n) is 17.1. The highest BCUT2D eigenvalue weighted by molar-refractivity contribution is 5.74. The van der Waals surface area contributed by atoms with Crippen LogP contribution in [0.2, 0.25) is 0 Å². The molecule has 0 aromatic carbocycles. The van der Waals surface area contributed by atoms with Gasteiger partial charge in [0, 0.05) is 13.5 Å². The quantitative estimate of drug-likeness (QED) is 0.327. The maximum atomic E-state index is 11.4. The zero-order chi connectivity index (χ0) is 20.9. The molecular formula is C20H37NO7. The van der Waals surface area contributed by atoms with Crippen molar-refractivity contribution in [2.45, 2.75) is 109 Å². The number of aliphatic carboxylic acids is 1. The normalized spacial score (nSPS) is 27.5. The number of amides is 1. The van der Waals surface area contributed by atoms with Gasteiger partial charge in [-0.2, -0.15) is 0 Å². The molecule has 0 aromatic heterocycles. The number of aliphatic hydroxyl groups is 2. The number of aliphatic hydroxyl groups excluding tert-OH is 2. The number of carboxylic acids is 1. The molecule has 1 fully saturated rings. The molecule has 1 saturated heterocycles. The third kappa shape index (κ3) is 8.86. The van der Waals surface area contributed by atoms with E-state index in [2.05, 4.69) is 12.2 Å². The van der Waals surface area contributed by atoms with Gasteiger partial charge in [-0.1, -0.05) is 64.7 Å². The summed E-state index contributed by atoms with van der Waals surface area (Å²) in [5, 5.41) is 31.7. The molecule has 0 saturated carbocycles. The van der Waals surface area contributed by atoms with Crippen molar-refractivity contribution in [1.82, 2.24) is 5.32 Å². The first-order chi connectivity index (χ1) is 13.4. The standard InChI is InChI=1S/C20H37NO7/c1-3-4-5-6-7-8-9-10-11-12-13-27-20-15(21-14(2)22)16(23)17(24)18(28-20)19(25)26/h15-18,20,23-24H,3-13H2,1-2H3,(H,21,22)(H,25,26)/t15-,16-,17+,18+,20?/m1/s1. The third-order valence-corrected chi connectivity index (χ3v) is 5.00. The summed E-state index contributed by atoms with van der Waals surface area (Å²) in [5.41, 5.74) is 0. The number of hydrogen-bond donors (Lipinski definition) is 4. The fraction of sp³-hybridized carbons (Fsp3) is 0.900. The van der Waals surface area contributed by atoms with Crippen molar-refractivity contribution in [3.05, 3.63) is 0 Å². The van der Waals surface area contributed by atoms with Gasteiger partial charge in [0.05, 0.1) is 0 Å². The van der Waals surface area contributed by atoms with Gasteiger partial charge in [-0.15, -0.1) is 0 Å². The average Bonchev–Trinajstić information content (AvgIpc) is 2.64. The molecule has 1 amide bonds. The maximum absolute atomic E-state index is 11.4. The van der Waals surface area contributed by atoms with Crippen molar-refractivity contribution in [1.29, 1.82) is 0 Å². The first-order valence-corrected chi connectivity index (χ1v) is 10.5. The number of carbonyl (C=O) groups excluding carboxylic acids is 1. The SMILES string of the molecule is CCCCCCCCCCCCOC1O[C@H](C(=O)O)[C@@H](O)[C@H](O)[C@H]1NC(C)=O. The van der Waals surface area contributed by atoms with Crippen LogP contribution in [-0.2, 0) is 19.1 Å². The van der Waals surface area contributed by atoms with Gasteiger partial charge in [0.15, 0.2) is 12.4 Å². The summed E-state index contributed by atoms with van der Waals surface area (Å²) in [5.74, 6) is -1.82. The second-order valence-corrected chi connectivity index (χ2v) is 7.52. The number of unbranched alkanes of at least 4 members (excludes halogenated alkanes) is 9. The van der Waals surface area contributed by atoms with Gasteiger partial charge in [-0.05, 0) is 6.42 Å². The lowest BCUT2D eigenvalue weighted by Crippen LogP contribution is -2.65. The molecule has 8 heteroatoms. The summed E-state index contributed by atoms with van der Waals surface area (Å²) in [6.07, 6.45) is 5.92. The summed E-state index contributed by atoms with van der Waals surface area (Å²) >= 11 is 0. The fourth-order valence-electron chi connectivity index (χ4n) is 3.39. The number of hydrogen-bond acceptors (Lipinski definition) is 6. The molecule has 0 spiro atoms. The van der Waals surface area contributed by atoms with Crippen molar-refractivity contribution >= 4 is 11.9 Å². The van der Waals surface area contributed by atoms with Gasteiger partial charge in [-0.3, -0.25) is 4.79 Å². The predicted molar refractivity (Wildman–Crippen MR) is 104 cm³/mol. The van der Waals surface area contributed by atoms with Gasteiger partial charge in [0.1, 0.15) is 18.2 Å². The Labute approximate surface area is 167 Å². The molecule has 5 atom stereocenters. The Kier molecular flexibility index (Phi) is 12.3. The minimum Gasteiger partial charge on any atom is -0.479 e. The Morgan fingerprint density at radius 3 is 1.96 bits per heavy atom. The van der Waals surface area contributed by atoms with Crippen molar-refractivity contribution in [2.24, 2.45) is 0 Å². The molecule has 0 bridgehead atoms. The molecule has 28 heavy (non-hydrogen) atoms. The zero-order valence-corrected chi connectivity index (χ0v) is 17.1. The van der Waals surface area contributed by atoms with Crippen LogP contribution >= 0.6 is 0 Å². The number of carbonyl (C=O) groups is 2. The number of ether oxygens (including phenoxy) is 2. The van der Waals surface area contributed by atoms with Crippen LogP contribution in [0.5, 0.6) is 0 Å². The Morgan fingerprint density at radius 1 is 0.929 bits per heavy atom. The Morgan fingerprint density at radius 2 is 1.46 bits per heavy atom. The average molecular weight is 404 g/mol. The molecule has 1 aliphatic heterocycles. The van der Waals surface area contributed by atoms with Crippen LogP contribution in [0.25, 0.3) is 0 Å². The van der Waals surface area contributed by atoms with E-state index >= 15 is 0 Å². The van der Waals surface area contributed by atoms with Gasteiger partial charge in [-0.25, -0.2) is 4.79 Å². The largest absolute Gasteiger partial charge is 0.479 e. The number of carboxylic acid groups (broad SMARTS) is 1. The lowest BCUT2D eigenvalue weighted by atomic mass is 9.96. The summed E-state index contributed by atoms with van der Waals surface area (Å²) in [4.78, 5) is 22.6. The second kappa shape index (κ2) is 13.9. The predicted octanol–water partition coefficient (Wildman–Crippen LogP) is 1.96. The highest BCUT2D eigenvalue weighted by Gasteiger charge is 2.48. The smallest absolute Gasteiger partial charge is 0.335 e. The molecular weight excluding hydrogens is 366 g/mol. The Bertz CT molecular complexity index is 460. The maximum Gasteiger partial charge on any atom is 0.335 e. The van der Waals surface area contributed by atoms with Crippen molar-refractivity contribution in [2.75, 3.05) is 6.61 Å². The van der Waals surface area contributed by atoms with Crippen molar-refractivity contribution in [3.8, 4) is 0 Å². The van der Waals surface area contributed by atoms with E-state index in [0.29, 0.717) is 6.61 Å². The molecule has 1 unspecified atom stereocenters. The van der Waals surface area contributed by atoms with E-state index < -0.39 is 42.5 Å². The molecule has 0 radical (unpaired) electrons.